The van der Waals surface area contributed by atoms with E-state index in [0.717, 1.165) is 83.5 Å². The van der Waals surface area contributed by atoms with Crippen LogP contribution in [0.5, 0.6) is 0 Å². The number of amides is 2. The number of ether oxygens (including phenoxy) is 1. The van der Waals surface area contributed by atoms with Gasteiger partial charge in [-0.25, -0.2) is 4.79 Å². The van der Waals surface area contributed by atoms with E-state index in [1.54, 1.807) is 0 Å². The number of carbonyl (C=O) groups is 4. The van der Waals surface area contributed by atoms with Crippen molar-refractivity contribution in [3.05, 3.63) is 60.8 Å². The first-order chi connectivity index (χ1) is 25.3. The molecule has 0 aromatic carbocycles. The molecular formula is C43H72N2O7. The molecule has 0 saturated heterocycles. The third-order valence-corrected chi connectivity index (χ3v) is 8.51. The Morgan fingerprint density at radius 1 is 0.596 bits per heavy atom. The van der Waals surface area contributed by atoms with Crippen molar-refractivity contribution in [2.24, 2.45) is 0 Å². The van der Waals surface area contributed by atoms with E-state index in [1.165, 1.54) is 38.5 Å². The summed E-state index contributed by atoms with van der Waals surface area (Å²) in [7, 11) is 0. The molecule has 2 unspecified atom stereocenters. The van der Waals surface area contributed by atoms with E-state index in [4.69, 9.17) is 14.9 Å². The monoisotopic (exact) mass is 729 g/mol. The van der Waals surface area contributed by atoms with Crippen molar-refractivity contribution >= 4 is 23.8 Å². The van der Waals surface area contributed by atoms with Crippen LogP contribution in [0.3, 0.4) is 0 Å². The summed E-state index contributed by atoms with van der Waals surface area (Å²) in [6.07, 6.45) is 43.9. The van der Waals surface area contributed by atoms with Crippen LogP contribution in [-0.2, 0) is 23.9 Å². The SMILES string of the molecule is CC/C=C\C/C=C\C/C=C\C/C=C\CCC(=O)OC(CCC/C=C\CCCCCCCC)CCCCCCCC(=O)NCC(=O)NC(CO)C(=O)O. The number of carbonyl (C=O) groups excluding carboxylic acids is 3. The fourth-order valence-corrected chi connectivity index (χ4v) is 5.43. The zero-order valence-corrected chi connectivity index (χ0v) is 32.5. The van der Waals surface area contributed by atoms with Gasteiger partial charge >= 0.3 is 11.9 Å². The van der Waals surface area contributed by atoms with Gasteiger partial charge in [-0.3, -0.25) is 14.4 Å². The molecule has 9 heteroatoms. The Kier molecular flexibility index (Phi) is 34.8. The lowest BCUT2D eigenvalue weighted by molar-refractivity contribution is -0.149. The molecule has 9 nitrogen and oxygen atoms in total. The van der Waals surface area contributed by atoms with Crippen LogP contribution in [0.15, 0.2) is 60.8 Å². The highest BCUT2D eigenvalue weighted by molar-refractivity contribution is 5.87. The number of hydrogen-bond acceptors (Lipinski definition) is 6. The third kappa shape index (κ3) is 33.7. The lowest BCUT2D eigenvalue weighted by Crippen LogP contribution is -2.47. The molecular weight excluding hydrogens is 656 g/mol. The second-order valence-electron chi connectivity index (χ2n) is 13.3. The number of esters is 1. The number of nitrogens with one attached hydrogen (secondary N) is 2. The van der Waals surface area contributed by atoms with Gasteiger partial charge in [0.05, 0.1) is 13.2 Å². The van der Waals surface area contributed by atoms with Crippen LogP contribution < -0.4 is 10.6 Å². The average Bonchev–Trinajstić information content (AvgIpc) is 3.13. The highest BCUT2D eigenvalue weighted by Crippen LogP contribution is 2.17. The predicted molar refractivity (Wildman–Crippen MR) is 213 cm³/mol. The van der Waals surface area contributed by atoms with Crippen LogP contribution in [-0.4, -0.2) is 59.3 Å². The highest BCUT2D eigenvalue weighted by Gasteiger charge is 2.19. The van der Waals surface area contributed by atoms with Crippen LogP contribution in [0.1, 0.15) is 162 Å². The van der Waals surface area contributed by atoms with Crippen LogP contribution >= 0.6 is 0 Å². The zero-order valence-electron chi connectivity index (χ0n) is 32.5. The van der Waals surface area contributed by atoms with Crippen molar-refractivity contribution in [3.63, 3.8) is 0 Å². The Hall–Kier alpha value is -3.46. The predicted octanol–water partition coefficient (Wildman–Crippen LogP) is 9.37. The summed E-state index contributed by atoms with van der Waals surface area (Å²) in [5, 5.41) is 22.5. The van der Waals surface area contributed by atoms with Gasteiger partial charge in [0.1, 0.15) is 12.1 Å². The Balaban J connectivity index is 4.46. The minimum absolute atomic E-state index is 0.0830. The molecule has 2 atom stereocenters. The largest absolute Gasteiger partial charge is 0.480 e. The van der Waals surface area contributed by atoms with E-state index in [1.807, 2.05) is 0 Å². The number of rotatable bonds is 35. The lowest BCUT2D eigenvalue weighted by atomic mass is 10.0. The van der Waals surface area contributed by atoms with Gasteiger partial charge in [0.25, 0.3) is 0 Å². The standard InChI is InChI=1S/C43H72N2O7/c1-3-5-7-9-11-13-15-16-18-20-22-27-31-35-42(49)52-38(32-28-24-21-19-17-14-12-10-8-6-4-2)33-29-25-23-26-30-34-40(47)44-36-41(48)45-39(37-46)43(50)51/h5,7,11,13,16,18-19,21-22,27,38-39,46H,3-4,6,8-10,12,14-15,17,20,23-26,28-37H2,1-2H3,(H,44,47)(H,45,48)(H,50,51)/b7-5-,13-11-,18-16-,21-19-,27-22-. The molecule has 0 rings (SSSR count). The zero-order chi connectivity index (χ0) is 38.3. The smallest absolute Gasteiger partial charge is 0.328 e. The van der Waals surface area contributed by atoms with E-state index in [-0.39, 0.29) is 30.9 Å². The molecule has 0 fully saturated rings. The third-order valence-electron chi connectivity index (χ3n) is 8.51. The maximum atomic E-state index is 12.7. The van der Waals surface area contributed by atoms with E-state index in [0.29, 0.717) is 19.3 Å². The van der Waals surface area contributed by atoms with Crippen molar-refractivity contribution in [2.45, 2.75) is 174 Å². The molecule has 2 amide bonds. The lowest BCUT2D eigenvalue weighted by Gasteiger charge is -2.18. The van der Waals surface area contributed by atoms with Crippen molar-refractivity contribution in [1.29, 1.82) is 0 Å². The summed E-state index contributed by atoms with van der Waals surface area (Å²) < 4.78 is 5.94. The molecule has 0 radical (unpaired) electrons. The summed E-state index contributed by atoms with van der Waals surface area (Å²) >= 11 is 0. The van der Waals surface area contributed by atoms with E-state index in [2.05, 4.69) is 85.2 Å². The maximum absolute atomic E-state index is 12.7. The molecule has 0 aliphatic rings. The van der Waals surface area contributed by atoms with Crippen LogP contribution in [0.25, 0.3) is 0 Å². The van der Waals surface area contributed by atoms with E-state index in [9.17, 15) is 19.2 Å². The van der Waals surface area contributed by atoms with Crippen molar-refractivity contribution < 1.29 is 34.1 Å². The first-order valence-corrected chi connectivity index (χ1v) is 20.2. The van der Waals surface area contributed by atoms with Gasteiger partial charge in [0.15, 0.2) is 0 Å². The summed E-state index contributed by atoms with van der Waals surface area (Å²) in [6, 6.07) is -1.39. The summed E-state index contributed by atoms with van der Waals surface area (Å²) in [5.74, 6) is -2.41. The first-order valence-electron chi connectivity index (χ1n) is 20.2. The number of aliphatic hydroxyl groups is 1. The molecule has 0 heterocycles. The second-order valence-corrected chi connectivity index (χ2v) is 13.3. The molecule has 0 aromatic heterocycles. The van der Waals surface area contributed by atoms with Gasteiger partial charge in [-0.05, 0) is 83.5 Å². The van der Waals surface area contributed by atoms with E-state index >= 15 is 0 Å². The molecule has 296 valence electrons. The van der Waals surface area contributed by atoms with Crippen molar-refractivity contribution in [3.8, 4) is 0 Å². The number of aliphatic carboxylic acids is 1. The summed E-state index contributed by atoms with van der Waals surface area (Å²) in [6.45, 7) is 3.33. The van der Waals surface area contributed by atoms with E-state index < -0.39 is 24.5 Å². The van der Waals surface area contributed by atoms with Crippen molar-refractivity contribution in [2.75, 3.05) is 13.2 Å². The van der Waals surface area contributed by atoms with Gasteiger partial charge < -0.3 is 25.6 Å². The average molecular weight is 729 g/mol. The minimum Gasteiger partial charge on any atom is -0.480 e. The van der Waals surface area contributed by atoms with Gasteiger partial charge in [-0.15, -0.1) is 0 Å². The highest BCUT2D eigenvalue weighted by atomic mass is 16.5. The number of hydrogen-bond donors (Lipinski definition) is 4. The number of allylic oxidation sites excluding steroid dienone is 10. The fraction of sp³-hybridized carbons (Fsp3) is 0.674. The second kappa shape index (κ2) is 37.3. The Labute approximate surface area is 315 Å². The molecule has 0 aliphatic carbocycles. The van der Waals surface area contributed by atoms with Crippen molar-refractivity contribution in [1.82, 2.24) is 10.6 Å². The molecule has 0 aromatic rings. The van der Waals surface area contributed by atoms with Gasteiger partial charge in [-0.1, -0.05) is 126 Å². The van der Waals surface area contributed by atoms with Crippen LogP contribution in [0.4, 0.5) is 0 Å². The van der Waals surface area contributed by atoms with Gasteiger partial charge in [-0.2, -0.15) is 0 Å². The Morgan fingerprint density at radius 3 is 1.77 bits per heavy atom. The van der Waals surface area contributed by atoms with Crippen LogP contribution in [0.2, 0.25) is 0 Å². The molecule has 0 spiro atoms. The number of carboxylic acids is 1. The molecule has 0 bridgehead atoms. The number of unbranched alkanes of at least 4 members (excludes halogenated alkanes) is 11. The summed E-state index contributed by atoms with van der Waals surface area (Å²) in [5.41, 5.74) is 0. The van der Waals surface area contributed by atoms with Gasteiger partial charge in [0.2, 0.25) is 11.8 Å². The molecule has 52 heavy (non-hydrogen) atoms. The maximum Gasteiger partial charge on any atom is 0.328 e. The number of aliphatic hydroxyl groups excluding tert-OH is 1. The molecule has 0 saturated carbocycles. The normalized spacial score (nSPS) is 13.1. The number of carboxylic acid groups (broad SMARTS) is 1. The minimum atomic E-state index is -1.39. The van der Waals surface area contributed by atoms with Crippen LogP contribution in [0, 0.1) is 0 Å². The quantitative estimate of drug-likeness (QED) is 0.0289. The molecule has 0 aliphatic heterocycles. The first kappa shape index (κ1) is 48.5. The fourth-order valence-electron chi connectivity index (χ4n) is 5.43. The van der Waals surface area contributed by atoms with Gasteiger partial charge in [0, 0.05) is 12.8 Å². The topological polar surface area (TPSA) is 142 Å². The summed E-state index contributed by atoms with van der Waals surface area (Å²) in [4.78, 5) is 47.4. The molecule has 4 N–H and O–H groups in total. The Morgan fingerprint density at radius 2 is 1.13 bits per heavy atom. The Bertz CT molecular complexity index is 1060.